The Morgan fingerprint density at radius 1 is 0.929 bits per heavy atom. The quantitative estimate of drug-likeness (QED) is 0.747. The topological polar surface area (TPSA) is 43.9 Å². The van der Waals surface area contributed by atoms with Gasteiger partial charge in [0.15, 0.2) is 0 Å². The van der Waals surface area contributed by atoms with Crippen LogP contribution in [0.3, 0.4) is 0 Å². The van der Waals surface area contributed by atoms with Crippen molar-refractivity contribution >= 4 is 29.3 Å². The number of hydrogen-bond donors (Lipinski definition) is 0. The summed E-state index contributed by atoms with van der Waals surface area (Å²) in [6.07, 6.45) is 2.96. The monoisotopic (exact) mass is 395 g/mol. The Labute approximate surface area is 170 Å². The molecule has 0 unspecified atom stereocenters. The van der Waals surface area contributed by atoms with Crippen molar-refractivity contribution in [3.05, 3.63) is 59.7 Å². The highest BCUT2D eigenvalue weighted by Crippen LogP contribution is 2.27. The van der Waals surface area contributed by atoms with E-state index in [2.05, 4.69) is 11.0 Å². The number of rotatable bonds is 4. The Morgan fingerprint density at radius 3 is 2.36 bits per heavy atom. The number of amides is 2. The van der Waals surface area contributed by atoms with E-state index in [1.165, 1.54) is 5.56 Å². The lowest BCUT2D eigenvalue weighted by Crippen LogP contribution is -2.51. The predicted octanol–water partition coefficient (Wildman–Crippen LogP) is 2.76. The van der Waals surface area contributed by atoms with Gasteiger partial charge in [0.25, 0.3) is 5.91 Å². The average Bonchev–Trinajstić information content (AvgIpc) is 3.18. The Bertz CT molecular complexity index is 860. The molecular weight excluding hydrogens is 370 g/mol. The number of benzene rings is 2. The van der Waals surface area contributed by atoms with Crippen LogP contribution in [0.4, 0.5) is 5.69 Å². The number of carbonyl (C=O) groups excluding carboxylic acids is 2. The molecule has 0 aliphatic carbocycles. The summed E-state index contributed by atoms with van der Waals surface area (Å²) in [4.78, 5) is 32.6. The third-order valence-electron chi connectivity index (χ3n) is 5.54. The fourth-order valence-electron chi connectivity index (χ4n) is 3.90. The lowest BCUT2D eigenvalue weighted by Gasteiger charge is -2.35. The Morgan fingerprint density at radius 2 is 1.64 bits per heavy atom. The van der Waals surface area contributed by atoms with Crippen LogP contribution >= 0.6 is 11.8 Å². The first-order valence-electron chi connectivity index (χ1n) is 9.69. The zero-order chi connectivity index (χ0) is 19.5. The molecule has 146 valence electrons. The van der Waals surface area contributed by atoms with E-state index in [1.807, 2.05) is 58.5 Å². The van der Waals surface area contributed by atoms with Crippen molar-refractivity contribution in [2.75, 3.05) is 50.4 Å². The number of thioether (sulfide) groups is 1. The summed E-state index contributed by atoms with van der Waals surface area (Å²) in [5, 5.41) is 0. The van der Waals surface area contributed by atoms with E-state index < -0.39 is 0 Å². The molecule has 0 bridgehead atoms. The highest BCUT2D eigenvalue weighted by atomic mass is 32.2. The van der Waals surface area contributed by atoms with Gasteiger partial charge in [-0.2, -0.15) is 0 Å². The van der Waals surface area contributed by atoms with Crippen LogP contribution in [0.5, 0.6) is 0 Å². The SMILES string of the molecule is CSc1ccc(C(=O)N2CCN(CC(=O)N3CCc4ccccc43)CC2)cc1. The highest BCUT2D eigenvalue weighted by molar-refractivity contribution is 7.98. The van der Waals surface area contributed by atoms with Crippen LogP contribution in [0, 0.1) is 0 Å². The normalized spacial score (nSPS) is 16.9. The number of nitrogens with zero attached hydrogens (tertiary/aromatic N) is 3. The van der Waals surface area contributed by atoms with Gasteiger partial charge < -0.3 is 9.80 Å². The summed E-state index contributed by atoms with van der Waals surface area (Å²) in [5.41, 5.74) is 3.03. The third-order valence-corrected chi connectivity index (χ3v) is 6.29. The second kappa shape index (κ2) is 8.37. The molecule has 2 aromatic rings. The predicted molar refractivity (Wildman–Crippen MR) is 113 cm³/mol. The molecule has 2 aliphatic rings. The molecule has 1 fully saturated rings. The van der Waals surface area contributed by atoms with E-state index in [9.17, 15) is 9.59 Å². The van der Waals surface area contributed by atoms with Gasteiger partial charge >= 0.3 is 0 Å². The van der Waals surface area contributed by atoms with E-state index in [-0.39, 0.29) is 11.8 Å². The van der Waals surface area contributed by atoms with Crippen molar-refractivity contribution in [2.45, 2.75) is 11.3 Å². The zero-order valence-electron chi connectivity index (χ0n) is 16.1. The minimum atomic E-state index is 0.0760. The van der Waals surface area contributed by atoms with Crippen LogP contribution in [0.2, 0.25) is 0 Å². The largest absolute Gasteiger partial charge is 0.336 e. The Kier molecular flexibility index (Phi) is 5.69. The molecule has 0 atom stereocenters. The van der Waals surface area contributed by atoms with Gasteiger partial charge in [-0.15, -0.1) is 11.8 Å². The van der Waals surface area contributed by atoms with Gasteiger partial charge in [-0.3, -0.25) is 14.5 Å². The van der Waals surface area contributed by atoms with Crippen LogP contribution in [0.1, 0.15) is 15.9 Å². The Hall–Kier alpha value is -2.31. The number of carbonyl (C=O) groups is 2. The van der Waals surface area contributed by atoms with Crippen molar-refractivity contribution in [3.8, 4) is 0 Å². The van der Waals surface area contributed by atoms with Gasteiger partial charge in [-0.1, -0.05) is 18.2 Å². The molecule has 2 aromatic carbocycles. The summed E-state index contributed by atoms with van der Waals surface area (Å²) in [6, 6.07) is 15.9. The second-order valence-corrected chi connectivity index (χ2v) is 8.10. The first-order valence-corrected chi connectivity index (χ1v) is 10.9. The minimum absolute atomic E-state index is 0.0760. The first kappa shape index (κ1) is 19.0. The molecule has 0 aromatic heterocycles. The van der Waals surface area contributed by atoms with Crippen molar-refractivity contribution in [1.82, 2.24) is 9.80 Å². The maximum atomic E-state index is 12.8. The number of hydrogen-bond acceptors (Lipinski definition) is 4. The van der Waals surface area contributed by atoms with Crippen LogP contribution < -0.4 is 4.90 Å². The van der Waals surface area contributed by atoms with Crippen molar-refractivity contribution in [3.63, 3.8) is 0 Å². The standard InChI is InChI=1S/C22H25N3O2S/c1-28-19-8-6-18(7-9-19)22(27)24-14-12-23(13-15-24)16-21(26)25-11-10-17-4-2-3-5-20(17)25/h2-9H,10-16H2,1H3. The van der Waals surface area contributed by atoms with Gasteiger partial charge in [-0.25, -0.2) is 0 Å². The molecule has 5 nitrogen and oxygen atoms in total. The van der Waals surface area contributed by atoms with Gasteiger partial charge in [0, 0.05) is 48.9 Å². The van der Waals surface area contributed by atoms with Crippen molar-refractivity contribution < 1.29 is 9.59 Å². The smallest absolute Gasteiger partial charge is 0.253 e. The van der Waals surface area contributed by atoms with Crippen LogP contribution in [0.15, 0.2) is 53.4 Å². The van der Waals surface area contributed by atoms with Crippen LogP contribution in [-0.2, 0) is 11.2 Å². The van der Waals surface area contributed by atoms with E-state index in [0.29, 0.717) is 19.6 Å². The van der Waals surface area contributed by atoms with Crippen molar-refractivity contribution in [1.29, 1.82) is 0 Å². The van der Waals surface area contributed by atoms with Crippen LogP contribution in [-0.4, -0.2) is 67.1 Å². The fourth-order valence-corrected chi connectivity index (χ4v) is 4.31. The fraction of sp³-hybridized carbons (Fsp3) is 0.364. The lowest BCUT2D eigenvalue weighted by atomic mass is 10.2. The molecular formula is C22H25N3O2S. The molecule has 0 saturated carbocycles. The molecule has 0 radical (unpaired) electrons. The molecule has 2 amide bonds. The second-order valence-electron chi connectivity index (χ2n) is 7.22. The summed E-state index contributed by atoms with van der Waals surface area (Å²) >= 11 is 1.67. The van der Waals surface area contributed by atoms with Gasteiger partial charge in [0.1, 0.15) is 0 Å². The molecule has 2 heterocycles. The summed E-state index contributed by atoms with van der Waals surface area (Å²) < 4.78 is 0. The Balaban J connectivity index is 1.30. The van der Waals surface area contributed by atoms with E-state index in [1.54, 1.807) is 11.8 Å². The number of fused-ring (bicyclic) bond motifs is 1. The van der Waals surface area contributed by atoms with E-state index in [4.69, 9.17) is 0 Å². The molecule has 0 N–H and O–H groups in total. The minimum Gasteiger partial charge on any atom is -0.336 e. The van der Waals surface area contributed by atoms with Gasteiger partial charge in [0.05, 0.1) is 6.54 Å². The maximum absolute atomic E-state index is 12.8. The van der Waals surface area contributed by atoms with E-state index >= 15 is 0 Å². The number of para-hydroxylation sites is 1. The van der Waals surface area contributed by atoms with E-state index in [0.717, 1.165) is 42.2 Å². The van der Waals surface area contributed by atoms with Gasteiger partial charge in [-0.05, 0) is 48.6 Å². The number of piperazine rings is 1. The first-order chi connectivity index (χ1) is 13.7. The lowest BCUT2D eigenvalue weighted by molar-refractivity contribution is -0.120. The van der Waals surface area contributed by atoms with Gasteiger partial charge in [0.2, 0.25) is 5.91 Å². The summed E-state index contributed by atoms with van der Waals surface area (Å²) in [5.74, 6) is 0.226. The maximum Gasteiger partial charge on any atom is 0.253 e. The van der Waals surface area contributed by atoms with Crippen LogP contribution in [0.25, 0.3) is 0 Å². The molecule has 6 heteroatoms. The average molecular weight is 396 g/mol. The summed E-state index contributed by atoms with van der Waals surface area (Å²) in [7, 11) is 0. The molecule has 4 rings (SSSR count). The molecule has 2 aliphatic heterocycles. The summed E-state index contributed by atoms with van der Waals surface area (Å²) in [6.45, 7) is 3.97. The molecule has 1 saturated heterocycles. The number of anilines is 1. The molecule has 0 spiro atoms. The third kappa shape index (κ3) is 3.93. The zero-order valence-corrected chi connectivity index (χ0v) is 17.0. The molecule has 28 heavy (non-hydrogen) atoms. The highest BCUT2D eigenvalue weighted by Gasteiger charge is 2.28. The van der Waals surface area contributed by atoms with Crippen molar-refractivity contribution in [2.24, 2.45) is 0 Å².